The molecule has 6 nitrogen and oxygen atoms in total. The lowest BCUT2D eigenvalue weighted by atomic mass is 10.1. The lowest BCUT2D eigenvalue weighted by Gasteiger charge is -2.35. The Kier molecular flexibility index (Phi) is 4.65. The lowest BCUT2D eigenvalue weighted by Crippen LogP contribution is -2.50. The van der Waals surface area contributed by atoms with Crippen molar-refractivity contribution in [3.05, 3.63) is 0 Å². The van der Waals surface area contributed by atoms with E-state index in [-0.39, 0.29) is 11.4 Å². The first-order chi connectivity index (χ1) is 8.98. The molecule has 0 aromatic rings. The van der Waals surface area contributed by atoms with Crippen LogP contribution in [0.3, 0.4) is 0 Å². The number of oxime groups is 1. The van der Waals surface area contributed by atoms with Gasteiger partial charge in [0, 0.05) is 32.7 Å². The first-order valence-corrected chi connectivity index (χ1v) is 7.07. The highest BCUT2D eigenvalue weighted by Gasteiger charge is 2.33. The minimum absolute atomic E-state index is 0.0541. The van der Waals surface area contributed by atoms with Gasteiger partial charge in [0.25, 0.3) is 0 Å². The number of hydrogen-bond donors (Lipinski definition) is 2. The summed E-state index contributed by atoms with van der Waals surface area (Å²) in [5.41, 5.74) is 5.58. The van der Waals surface area contributed by atoms with Gasteiger partial charge in [-0.25, -0.2) is 0 Å². The Morgan fingerprint density at radius 2 is 1.95 bits per heavy atom. The van der Waals surface area contributed by atoms with Crippen LogP contribution in [-0.4, -0.2) is 71.8 Å². The Balaban J connectivity index is 1.69. The average molecular weight is 270 g/mol. The molecule has 2 aliphatic heterocycles. The van der Waals surface area contributed by atoms with Crippen LogP contribution in [0.5, 0.6) is 0 Å². The summed E-state index contributed by atoms with van der Waals surface area (Å²) in [5.74, 6) is 0.286. The van der Waals surface area contributed by atoms with Gasteiger partial charge in [-0.3, -0.25) is 9.80 Å². The summed E-state index contributed by atoms with van der Waals surface area (Å²) in [7, 11) is 0. The number of hydrogen-bond acceptors (Lipinski definition) is 5. The van der Waals surface area contributed by atoms with Gasteiger partial charge in [-0.1, -0.05) is 5.16 Å². The molecule has 0 aromatic heterocycles. The van der Waals surface area contributed by atoms with Gasteiger partial charge < -0.3 is 15.7 Å². The van der Waals surface area contributed by atoms with Crippen LogP contribution in [0.4, 0.5) is 0 Å². The van der Waals surface area contributed by atoms with Crippen LogP contribution >= 0.6 is 0 Å². The summed E-state index contributed by atoms with van der Waals surface area (Å²) >= 11 is 0. The predicted octanol–water partition coefficient (Wildman–Crippen LogP) is 0.308. The van der Waals surface area contributed by atoms with Gasteiger partial charge in [-0.15, -0.1) is 0 Å². The monoisotopic (exact) mass is 270 g/mol. The molecule has 0 saturated carbocycles. The largest absolute Gasteiger partial charge is 0.409 e. The Morgan fingerprint density at radius 3 is 2.47 bits per heavy atom. The number of nitrogens with two attached hydrogens (primary N) is 1. The Labute approximate surface area is 115 Å². The summed E-state index contributed by atoms with van der Waals surface area (Å²) in [6.07, 6.45) is 2.70. The van der Waals surface area contributed by atoms with Gasteiger partial charge >= 0.3 is 0 Å². The van der Waals surface area contributed by atoms with Crippen molar-refractivity contribution >= 4 is 5.84 Å². The Bertz CT molecular complexity index is 325. The molecule has 110 valence electrons. The Morgan fingerprint density at radius 1 is 1.32 bits per heavy atom. The molecule has 2 aliphatic rings. The molecule has 19 heavy (non-hydrogen) atoms. The maximum absolute atomic E-state index is 8.57. The second-order valence-electron chi connectivity index (χ2n) is 6.21. The van der Waals surface area contributed by atoms with Gasteiger partial charge in [0.15, 0.2) is 5.84 Å². The number of rotatable bonds is 4. The topological polar surface area (TPSA) is 74.3 Å². The van der Waals surface area contributed by atoms with Gasteiger partial charge in [0.2, 0.25) is 0 Å². The van der Waals surface area contributed by atoms with Crippen LogP contribution < -0.4 is 5.73 Å². The van der Waals surface area contributed by atoms with Crippen LogP contribution in [0.2, 0.25) is 0 Å². The molecule has 0 amide bonds. The first kappa shape index (κ1) is 14.6. The second-order valence-corrected chi connectivity index (χ2v) is 6.21. The number of amidine groups is 1. The minimum atomic E-state index is 0.0541. The molecule has 0 bridgehead atoms. The number of ether oxygens (including phenoxy) is 1. The van der Waals surface area contributed by atoms with E-state index < -0.39 is 0 Å². The molecule has 6 heteroatoms. The van der Waals surface area contributed by atoms with E-state index in [0.717, 1.165) is 45.6 Å². The molecule has 1 unspecified atom stereocenters. The maximum atomic E-state index is 8.57. The highest BCUT2D eigenvalue weighted by Crippen LogP contribution is 2.29. The van der Waals surface area contributed by atoms with E-state index in [2.05, 4.69) is 28.8 Å². The molecule has 0 radical (unpaired) electrons. The fraction of sp³-hybridized carbons (Fsp3) is 0.923. The summed E-state index contributed by atoms with van der Waals surface area (Å²) in [4.78, 5) is 4.67. The van der Waals surface area contributed by atoms with Crippen molar-refractivity contribution in [3.8, 4) is 0 Å². The van der Waals surface area contributed by atoms with E-state index in [1.807, 2.05) is 0 Å². The SMILES string of the molecule is CC1(C)CCC(CN2CCN(CC(N)=NO)CC2)O1. The first-order valence-electron chi connectivity index (χ1n) is 7.07. The molecule has 2 fully saturated rings. The molecule has 0 aliphatic carbocycles. The zero-order valence-corrected chi connectivity index (χ0v) is 12.0. The normalized spacial score (nSPS) is 29.8. The van der Waals surface area contributed by atoms with E-state index in [4.69, 9.17) is 15.7 Å². The van der Waals surface area contributed by atoms with E-state index >= 15 is 0 Å². The third-order valence-electron chi connectivity index (χ3n) is 3.99. The van der Waals surface area contributed by atoms with E-state index in [1.54, 1.807) is 0 Å². The minimum Gasteiger partial charge on any atom is -0.409 e. The molecular weight excluding hydrogens is 244 g/mol. The highest BCUT2D eigenvalue weighted by molar-refractivity contribution is 5.81. The predicted molar refractivity (Wildman–Crippen MR) is 74.5 cm³/mol. The van der Waals surface area contributed by atoms with E-state index in [0.29, 0.717) is 12.6 Å². The zero-order valence-electron chi connectivity index (χ0n) is 12.0. The molecule has 1 atom stereocenters. The molecular formula is C13H26N4O2. The second kappa shape index (κ2) is 6.07. The van der Waals surface area contributed by atoms with Crippen molar-refractivity contribution in [2.24, 2.45) is 10.9 Å². The molecule has 0 spiro atoms. The van der Waals surface area contributed by atoms with Crippen molar-refractivity contribution in [1.82, 2.24) is 9.80 Å². The van der Waals surface area contributed by atoms with Gasteiger partial charge in [-0.05, 0) is 26.7 Å². The Hall–Kier alpha value is -0.850. The molecule has 2 heterocycles. The molecule has 2 rings (SSSR count). The van der Waals surface area contributed by atoms with Gasteiger partial charge in [0.1, 0.15) is 0 Å². The van der Waals surface area contributed by atoms with E-state index in [1.165, 1.54) is 0 Å². The van der Waals surface area contributed by atoms with Crippen molar-refractivity contribution in [2.75, 3.05) is 39.3 Å². The fourth-order valence-electron chi connectivity index (χ4n) is 2.88. The summed E-state index contributed by atoms with van der Waals surface area (Å²) < 4.78 is 6.03. The van der Waals surface area contributed by atoms with Crippen LogP contribution in [0.25, 0.3) is 0 Å². The van der Waals surface area contributed by atoms with Crippen LogP contribution in [-0.2, 0) is 4.74 Å². The number of piperazine rings is 1. The highest BCUT2D eigenvalue weighted by atomic mass is 16.5. The maximum Gasteiger partial charge on any atom is 0.153 e. The standard InChI is InChI=1S/C13H26N4O2/c1-13(2)4-3-11(19-13)9-16-5-7-17(8-6-16)10-12(14)15-18/h11,18H,3-10H2,1-2H3,(H2,14,15). The zero-order chi connectivity index (χ0) is 13.9. The smallest absolute Gasteiger partial charge is 0.153 e. The third kappa shape index (κ3) is 4.33. The van der Waals surface area contributed by atoms with Crippen LogP contribution in [0, 0.1) is 0 Å². The summed E-state index contributed by atoms with van der Waals surface area (Å²) in [5, 5.41) is 11.6. The third-order valence-corrected chi connectivity index (χ3v) is 3.99. The quantitative estimate of drug-likeness (QED) is 0.333. The van der Waals surface area contributed by atoms with Crippen LogP contribution in [0.15, 0.2) is 5.16 Å². The molecule has 3 N–H and O–H groups in total. The number of nitrogens with zero attached hydrogens (tertiary/aromatic N) is 3. The fourth-order valence-corrected chi connectivity index (χ4v) is 2.88. The molecule has 0 aromatic carbocycles. The van der Waals surface area contributed by atoms with Gasteiger partial charge in [0.05, 0.1) is 18.2 Å². The molecule has 2 saturated heterocycles. The van der Waals surface area contributed by atoms with Crippen molar-refractivity contribution in [1.29, 1.82) is 0 Å². The lowest BCUT2D eigenvalue weighted by molar-refractivity contribution is -0.0330. The van der Waals surface area contributed by atoms with E-state index in [9.17, 15) is 0 Å². The van der Waals surface area contributed by atoms with Gasteiger partial charge in [-0.2, -0.15) is 0 Å². The van der Waals surface area contributed by atoms with Crippen molar-refractivity contribution in [3.63, 3.8) is 0 Å². The van der Waals surface area contributed by atoms with Crippen LogP contribution in [0.1, 0.15) is 26.7 Å². The summed E-state index contributed by atoms with van der Waals surface area (Å²) in [6.45, 7) is 9.90. The average Bonchev–Trinajstić information content (AvgIpc) is 2.71. The summed E-state index contributed by atoms with van der Waals surface area (Å²) in [6, 6.07) is 0. The van der Waals surface area contributed by atoms with Crippen molar-refractivity contribution in [2.45, 2.75) is 38.4 Å². The van der Waals surface area contributed by atoms with Crippen molar-refractivity contribution < 1.29 is 9.94 Å².